The van der Waals surface area contributed by atoms with Gasteiger partial charge in [0.25, 0.3) is 0 Å². The zero-order valence-electron chi connectivity index (χ0n) is 13.5. The van der Waals surface area contributed by atoms with Crippen molar-refractivity contribution in [3.8, 4) is 0 Å². The molecule has 0 fully saturated rings. The fraction of sp³-hybridized carbons (Fsp3) is 0.200. The lowest BCUT2D eigenvalue weighted by molar-refractivity contribution is -0.121. The van der Waals surface area contributed by atoms with Gasteiger partial charge < -0.3 is 5.32 Å². The Balaban J connectivity index is 1.64. The van der Waals surface area contributed by atoms with Crippen molar-refractivity contribution in [3.05, 3.63) is 90.3 Å². The normalized spacial score (nSPS) is 10.7. The first-order valence-corrected chi connectivity index (χ1v) is 8.17. The Labute approximate surface area is 142 Å². The van der Waals surface area contributed by atoms with Crippen molar-refractivity contribution in [2.45, 2.75) is 18.9 Å². The van der Waals surface area contributed by atoms with Crippen LogP contribution in [0.3, 0.4) is 0 Å². The molecule has 0 saturated heterocycles. The van der Waals surface area contributed by atoms with E-state index in [9.17, 15) is 4.79 Å². The predicted octanol–water partition coefficient (Wildman–Crippen LogP) is 3.22. The second-order valence-corrected chi connectivity index (χ2v) is 5.70. The summed E-state index contributed by atoms with van der Waals surface area (Å²) in [5.41, 5.74) is 2.32. The molecule has 1 amide bonds. The van der Waals surface area contributed by atoms with Gasteiger partial charge >= 0.3 is 0 Å². The third-order valence-electron chi connectivity index (χ3n) is 4.02. The monoisotopic (exact) mass is 319 g/mol. The van der Waals surface area contributed by atoms with Crippen molar-refractivity contribution in [2.75, 3.05) is 6.54 Å². The molecular weight excluding hydrogens is 298 g/mol. The second kappa shape index (κ2) is 8.11. The van der Waals surface area contributed by atoms with Crippen molar-refractivity contribution in [3.63, 3.8) is 0 Å². The van der Waals surface area contributed by atoms with Gasteiger partial charge in [-0.1, -0.05) is 60.7 Å². The first-order valence-electron chi connectivity index (χ1n) is 8.17. The second-order valence-electron chi connectivity index (χ2n) is 5.70. The van der Waals surface area contributed by atoms with E-state index in [2.05, 4.69) is 34.7 Å². The van der Waals surface area contributed by atoms with E-state index in [4.69, 9.17) is 0 Å². The molecule has 0 spiro atoms. The van der Waals surface area contributed by atoms with Crippen LogP contribution in [0, 0.1) is 0 Å². The van der Waals surface area contributed by atoms with Gasteiger partial charge in [-0.2, -0.15) is 5.10 Å². The topological polar surface area (TPSA) is 46.9 Å². The highest BCUT2D eigenvalue weighted by Gasteiger charge is 2.17. The molecule has 4 heteroatoms. The minimum absolute atomic E-state index is 0.0554. The molecule has 0 aliphatic heterocycles. The molecule has 0 atom stereocenters. The Morgan fingerprint density at radius 2 is 1.58 bits per heavy atom. The van der Waals surface area contributed by atoms with E-state index < -0.39 is 0 Å². The van der Waals surface area contributed by atoms with Crippen LogP contribution >= 0.6 is 0 Å². The van der Waals surface area contributed by atoms with Gasteiger partial charge in [0.05, 0.1) is 6.54 Å². The lowest BCUT2D eigenvalue weighted by atomic mass is 9.88. The number of nitrogens with one attached hydrogen (secondary N) is 1. The largest absolute Gasteiger partial charge is 0.354 e. The molecule has 4 nitrogen and oxygen atoms in total. The maximum Gasteiger partial charge on any atom is 0.221 e. The summed E-state index contributed by atoms with van der Waals surface area (Å²) in [6.07, 6.45) is 4.07. The molecule has 0 radical (unpaired) electrons. The summed E-state index contributed by atoms with van der Waals surface area (Å²) in [7, 11) is 0. The molecule has 1 N–H and O–H groups in total. The number of aromatic nitrogens is 2. The molecule has 2 aromatic carbocycles. The summed E-state index contributed by atoms with van der Waals surface area (Å²) in [6, 6.07) is 22.2. The SMILES string of the molecule is O=C(CC(c1ccccc1)c1ccccc1)NCCn1cccn1. The lowest BCUT2D eigenvalue weighted by Gasteiger charge is -2.18. The molecule has 0 bridgehead atoms. The molecule has 0 aliphatic rings. The third kappa shape index (κ3) is 4.32. The molecule has 1 heterocycles. The Kier molecular flexibility index (Phi) is 5.40. The van der Waals surface area contributed by atoms with Gasteiger partial charge in [-0.3, -0.25) is 9.48 Å². The van der Waals surface area contributed by atoms with Crippen LogP contribution in [0.2, 0.25) is 0 Å². The van der Waals surface area contributed by atoms with Crippen molar-refractivity contribution < 1.29 is 4.79 Å². The van der Waals surface area contributed by atoms with Crippen molar-refractivity contribution in [2.24, 2.45) is 0 Å². The molecule has 1 aromatic heterocycles. The molecule has 122 valence electrons. The number of hydrogen-bond donors (Lipinski definition) is 1. The standard InChI is InChI=1S/C20H21N3O/c24-20(21-13-15-23-14-7-12-22-23)16-19(17-8-3-1-4-9-17)18-10-5-2-6-11-18/h1-12,14,19H,13,15-16H2,(H,21,24). The summed E-state index contributed by atoms with van der Waals surface area (Å²) < 4.78 is 1.81. The van der Waals surface area contributed by atoms with Crippen LogP contribution < -0.4 is 5.32 Å². The van der Waals surface area contributed by atoms with Gasteiger partial charge in [-0.15, -0.1) is 0 Å². The molecule has 0 saturated carbocycles. The van der Waals surface area contributed by atoms with Crippen LogP contribution in [-0.4, -0.2) is 22.2 Å². The average Bonchev–Trinajstić information content (AvgIpc) is 3.15. The number of nitrogens with zero attached hydrogens (tertiary/aromatic N) is 2. The van der Waals surface area contributed by atoms with E-state index in [0.29, 0.717) is 19.5 Å². The molecule has 3 aromatic rings. The Bertz CT molecular complexity index is 700. The average molecular weight is 319 g/mol. The maximum atomic E-state index is 12.4. The molecule has 0 unspecified atom stereocenters. The Morgan fingerprint density at radius 3 is 2.12 bits per heavy atom. The highest BCUT2D eigenvalue weighted by molar-refractivity contribution is 5.77. The van der Waals surface area contributed by atoms with Gasteiger partial charge in [-0.05, 0) is 17.2 Å². The van der Waals surface area contributed by atoms with E-state index in [1.54, 1.807) is 6.20 Å². The first-order chi connectivity index (χ1) is 11.8. The van der Waals surface area contributed by atoms with Gasteiger partial charge in [0.1, 0.15) is 0 Å². The van der Waals surface area contributed by atoms with Gasteiger partial charge in [0.15, 0.2) is 0 Å². The van der Waals surface area contributed by atoms with Crippen LogP contribution in [0.15, 0.2) is 79.1 Å². The summed E-state index contributed by atoms with van der Waals surface area (Å²) in [6.45, 7) is 1.26. The summed E-state index contributed by atoms with van der Waals surface area (Å²) in [5, 5.41) is 7.13. The van der Waals surface area contributed by atoms with Crippen molar-refractivity contribution in [1.82, 2.24) is 15.1 Å². The zero-order valence-corrected chi connectivity index (χ0v) is 13.5. The number of benzene rings is 2. The highest BCUT2D eigenvalue weighted by atomic mass is 16.1. The number of amides is 1. The van der Waals surface area contributed by atoms with Crippen LogP contribution in [0.25, 0.3) is 0 Å². The Morgan fingerprint density at radius 1 is 0.958 bits per heavy atom. The smallest absolute Gasteiger partial charge is 0.221 e. The summed E-state index contributed by atoms with van der Waals surface area (Å²) in [5.74, 6) is 0.122. The van der Waals surface area contributed by atoms with Crippen LogP contribution in [0.4, 0.5) is 0 Å². The quantitative estimate of drug-likeness (QED) is 0.727. The van der Waals surface area contributed by atoms with E-state index in [1.807, 2.05) is 53.3 Å². The van der Waals surface area contributed by atoms with Gasteiger partial charge in [0, 0.05) is 31.3 Å². The minimum Gasteiger partial charge on any atom is -0.354 e. The first kappa shape index (κ1) is 16.0. The molecular formula is C20H21N3O. The van der Waals surface area contributed by atoms with Crippen molar-refractivity contribution in [1.29, 1.82) is 0 Å². The highest BCUT2D eigenvalue weighted by Crippen LogP contribution is 2.27. The number of carbonyl (C=O) groups excluding carboxylic acids is 1. The van der Waals surface area contributed by atoms with Crippen LogP contribution in [0.1, 0.15) is 23.5 Å². The van der Waals surface area contributed by atoms with E-state index in [-0.39, 0.29) is 11.8 Å². The zero-order chi connectivity index (χ0) is 16.6. The number of carbonyl (C=O) groups is 1. The molecule has 0 aliphatic carbocycles. The van der Waals surface area contributed by atoms with Crippen molar-refractivity contribution >= 4 is 5.91 Å². The Hall–Kier alpha value is -2.88. The van der Waals surface area contributed by atoms with Gasteiger partial charge in [0.2, 0.25) is 5.91 Å². The maximum absolute atomic E-state index is 12.4. The number of rotatable bonds is 7. The number of hydrogen-bond acceptors (Lipinski definition) is 2. The van der Waals surface area contributed by atoms with Crippen LogP contribution in [0.5, 0.6) is 0 Å². The van der Waals surface area contributed by atoms with E-state index >= 15 is 0 Å². The van der Waals surface area contributed by atoms with E-state index in [1.165, 1.54) is 0 Å². The fourth-order valence-corrected chi connectivity index (χ4v) is 2.80. The molecule has 3 rings (SSSR count). The van der Waals surface area contributed by atoms with Crippen LogP contribution in [-0.2, 0) is 11.3 Å². The predicted molar refractivity (Wildman–Crippen MR) is 94.6 cm³/mol. The molecule has 24 heavy (non-hydrogen) atoms. The summed E-state index contributed by atoms with van der Waals surface area (Å²) in [4.78, 5) is 12.4. The third-order valence-corrected chi connectivity index (χ3v) is 4.02. The van der Waals surface area contributed by atoms with Gasteiger partial charge in [-0.25, -0.2) is 0 Å². The fourth-order valence-electron chi connectivity index (χ4n) is 2.80. The summed E-state index contributed by atoms with van der Waals surface area (Å²) >= 11 is 0. The lowest BCUT2D eigenvalue weighted by Crippen LogP contribution is -2.28. The minimum atomic E-state index is 0.0554. The van der Waals surface area contributed by atoms with E-state index in [0.717, 1.165) is 11.1 Å².